The quantitative estimate of drug-likeness (QED) is 0.671. The van der Waals surface area contributed by atoms with E-state index in [0.29, 0.717) is 31.1 Å². The van der Waals surface area contributed by atoms with Crippen LogP contribution in [-0.4, -0.2) is 69.5 Å². The first-order chi connectivity index (χ1) is 15.4. The van der Waals surface area contributed by atoms with E-state index in [0.717, 1.165) is 0 Å². The molecule has 1 amide bonds. The average molecular weight is 468 g/mol. The third-order valence-electron chi connectivity index (χ3n) is 5.22. The third kappa shape index (κ3) is 4.63. The van der Waals surface area contributed by atoms with Crippen molar-refractivity contribution in [2.45, 2.75) is 17.9 Å². The van der Waals surface area contributed by atoms with Gasteiger partial charge >= 0.3 is 6.61 Å². The van der Waals surface area contributed by atoms with Crippen LogP contribution >= 0.6 is 0 Å². The second kappa shape index (κ2) is 9.29. The standard InChI is InChI=1S/C21H22F2N2O6S/c22-21(23)31-17-5-2-1-4-16(17)20(26)24-8-10-25(11-9-24)32(27,28)15-6-7-18-19(14-15)30-13-3-12-29-18/h1-2,4-7,14,21H,3,8-13H2. The summed E-state index contributed by atoms with van der Waals surface area (Å²) in [6.45, 7) is -1.74. The molecule has 0 aromatic heterocycles. The van der Waals surface area contributed by atoms with Crippen molar-refractivity contribution < 1.29 is 36.2 Å². The summed E-state index contributed by atoms with van der Waals surface area (Å²) in [5, 5.41) is 0. The van der Waals surface area contributed by atoms with Gasteiger partial charge in [-0.2, -0.15) is 13.1 Å². The summed E-state index contributed by atoms with van der Waals surface area (Å²) in [6.07, 6.45) is 0.707. The fraction of sp³-hybridized carbons (Fsp3) is 0.381. The van der Waals surface area contributed by atoms with Gasteiger partial charge in [0.25, 0.3) is 5.91 Å². The number of benzene rings is 2. The molecule has 2 aromatic rings. The van der Waals surface area contributed by atoms with Gasteiger partial charge in [0.05, 0.1) is 23.7 Å². The first kappa shape index (κ1) is 22.3. The Bertz CT molecular complexity index is 1090. The molecule has 1 fully saturated rings. The number of rotatable bonds is 5. The minimum atomic E-state index is -3.81. The van der Waals surface area contributed by atoms with E-state index >= 15 is 0 Å². The van der Waals surface area contributed by atoms with Gasteiger partial charge in [0.1, 0.15) is 5.75 Å². The lowest BCUT2D eigenvalue weighted by molar-refractivity contribution is -0.0503. The monoisotopic (exact) mass is 468 g/mol. The van der Waals surface area contributed by atoms with Crippen LogP contribution in [0.15, 0.2) is 47.4 Å². The van der Waals surface area contributed by atoms with Crippen LogP contribution in [0.1, 0.15) is 16.8 Å². The highest BCUT2D eigenvalue weighted by Gasteiger charge is 2.32. The van der Waals surface area contributed by atoms with E-state index in [-0.39, 0.29) is 42.4 Å². The van der Waals surface area contributed by atoms with Crippen molar-refractivity contribution in [3.05, 3.63) is 48.0 Å². The van der Waals surface area contributed by atoms with E-state index in [9.17, 15) is 22.0 Å². The second-order valence-corrected chi connectivity index (χ2v) is 9.17. The second-order valence-electron chi connectivity index (χ2n) is 7.23. The molecule has 11 heteroatoms. The van der Waals surface area contributed by atoms with Gasteiger partial charge in [0, 0.05) is 38.7 Å². The Balaban J connectivity index is 1.46. The van der Waals surface area contributed by atoms with E-state index in [2.05, 4.69) is 4.74 Å². The fourth-order valence-corrected chi connectivity index (χ4v) is 5.04. The molecule has 0 aliphatic carbocycles. The summed E-state index contributed by atoms with van der Waals surface area (Å²) in [5.74, 6) is 0.179. The molecular weight excluding hydrogens is 446 g/mol. The molecule has 0 saturated carbocycles. The molecule has 4 rings (SSSR count). The zero-order valence-electron chi connectivity index (χ0n) is 17.1. The highest BCUT2D eigenvalue weighted by molar-refractivity contribution is 7.89. The first-order valence-electron chi connectivity index (χ1n) is 10.1. The van der Waals surface area contributed by atoms with Crippen LogP contribution in [0.4, 0.5) is 8.78 Å². The van der Waals surface area contributed by atoms with E-state index in [1.807, 2.05) is 0 Å². The maximum atomic E-state index is 13.1. The Kier molecular flexibility index (Phi) is 6.47. The number of alkyl halides is 2. The smallest absolute Gasteiger partial charge is 0.387 e. The summed E-state index contributed by atoms with van der Waals surface area (Å²) in [6, 6.07) is 10.2. The number of carbonyl (C=O) groups is 1. The molecule has 2 aliphatic rings. The number of fused-ring (bicyclic) bond motifs is 1. The topological polar surface area (TPSA) is 85.4 Å². The fourth-order valence-electron chi connectivity index (χ4n) is 3.60. The van der Waals surface area contributed by atoms with Gasteiger partial charge in [-0.25, -0.2) is 8.42 Å². The SMILES string of the molecule is O=C(c1ccccc1OC(F)F)N1CCN(S(=O)(=O)c2ccc3c(c2)OCCCO3)CC1. The summed E-state index contributed by atoms with van der Waals surface area (Å²) in [4.78, 5) is 14.3. The van der Waals surface area contributed by atoms with Gasteiger partial charge in [0.15, 0.2) is 11.5 Å². The van der Waals surface area contributed by atoms with Crippen molar-refractivity contribution in [1.29, 1.82) is 0 Å². The van der Waals surface area contributed by atoms with E-state index < -0.39 is 22.5 Å². The molecule has 0 atom stereocenters. The molecule has 172 valence electrons. The van der Waals surface area contributed by atoms with Crippen molar-refractivity contribution in [3.8, 4) is 17.2 Å². The van der Waals surface area contributed by atoms with E-state index in [1.165, 1.54) is 39.5 Å². The number of amides is 1. The maximum Gasteiger partial charge on any atom is 0.387 e. The third-order valence-corrected chi connectivity index (χ3v) is 7.11. The molecule has 2 aromatic carbocycles. The number of carbonyl (C=O) groups excluding carboxylic acids is 1. The molecule has 2 aliphatic heterocycles. The molecule has 0 unspecified atom stereocenters. The van der Waals surface area contributed by atoms with Crippen molar-refractivity contribution in [2.75, 3.05) is 39.4 Å². The summed E-state index contributed by atoms with van der Waals surface area (Å²) < 4.78 is 68.3. The van der Waals surface area contributed by atoms with Crippen LogP contribution in [0.25, 0.3) is 0 Å². The highest BCUT2D eigenvalue weighted by atomic mass is 32.2. The Morgan fingerprint density at radius 1 is 0.969 bits per heavy atom. The molecule has 1 saturated heterocycles. The normalized spacial score (nSPS) is 17.2. The number of hydrogen-bond donors (Lipinski definition) is 0. The lowest BCUT2D eigenvalue weighted by Crippen LogP contribution is -2.50. The van der Waals surface area contributed by atoms with E-state index in [4.69, 9.17) is 9.47 Å². The predicted molar refractivity (Wildman–Crippen MR) is 110 cm³/mol. The Morgan fingerprint density at radius 2 is 1.66 bits per heavy atom. The average Bonchev–Trinajstić information content (AvgIpc) is 3.03. The Morgan fingerprint density at radius 3 is 2.38 bits per heavy atom. The Hall–Kier alpha value is -2.92. The molecule has 0 bridgehead atoms. The molecule has 32 heavy (non-hydrogen) atoms. The van der Waals surface area contributed by atoms with Crippen molar-refractivity contribution in [2.24, 2.45) is 0 Å². The lowest BCUT2D eigenvalue weighted by Gasteiger charge is -2.34. The van der Waals surface area contributed by atoms with Crippen LogP contribution in [0, 0.1) is 0 Å². The minimum Gasteiger partial charge on any atom is -0.490 e. The number of nitrogens with zero attached hydrogens (tertiary/aromatic N) is 2. The van der Waals surface area contributed by atoms with Gasteiger partial charge in [0.2, 0.25) is 10.0 Å². The number of piperazine rings is 1. The predicted octanol–water partition coefficient (Wildman–Crippen LogP) is 2.60. The van der Waals surface area contributed by atoms with Crippen LogP contribution in [0.5, 0.6) is 17.2 Å². The van der Waals surface area contributed by atoms with Crippen LogP contribution in [0.3, 0.4) is 0 Å². The largest absolute Gasteiger partial charge is 0.490 e. The number of para-hydroxylation sites is 1. The highest BCUT2D eigenvalue weighted by Crippen LogP contribution is 2.33. The molecule has 2 heterocycles. The van der Waals surface area contributed by atoms with Gasteiger partial charge in [-0.15, -0.1) is 0 Å². The van der Waals surface area contributed by atoms with E-state index in [1.54, 1.807) is 12.1 Å². The first-order valence-corrected chi connectivity index (χ1v) is 11.5. The van der Waals surface area contributed by atoms with Crippen LogP contribution in [-0.2, 0) is 10.0 Å². The van der Waals surface area contributed by atoms with Crippen LogP contribution in [0.2, 0.25) is 0 Å². The zero-order valence-corrected chi connectivity index (χ0v) is 17.9. The zero-order chi connectivity index (χ0) is 22.7. The van der Waals surface area contributed by atoms with Crippen LogP contribution < -0.4 is 14.2 Å². The number of ether oxygens (including phenoxy) is 3. The molecule has 0 N–H and O–H groups in total. The molecular formula is C21H22F2N2O6S. The Labute approximate surface area is 184 Å². The lowest BCUT2D eigenvalue weighted by atomic mass is 10.1. The molecule has 0 spiro atoms. The van der Waals surface area contributed by atoms with Crippen molar-refractivity contribution in [1.82, 2.24) is 9.21 Å². The molecule has 0 radical (unpaired) electrons. The molecule has 8 nitrogen and oxygen atoms in total. The van der Waals surface area contributed by atoms with Gasteiger partial charge in [-0.05, 0) is 24.3 Å². The van der Waals surface area contributed by atoms with Gasteiger partial charge < -0.3 is 19.1 Å². The summed E-state index contributed by atoms with van der Waals surface area (Å²) in [5.41, 5.74) is 0.00649. The van der Waals surface area contributed by atoms with Gasteiger partial charge in [-0.1, -0.05) is 12.1 Å². The maximum absolute atomic E-state index is 13.1. The minimum absolute atomic E-state index is 0.00649. The number of sulfonamides is 1. The van der Waals surface area contributed by atoms with Crippen molar-refractivity contribution in [3.63, 3.8) is 0 Å². The summed E-state index contributed by atoms with van der Waals surface area (Å²) in [7, 11) is -3.81. The van der Waals surface area contributed by atoms with Crippen molar-refractivity contribution >= 4 is 15.9 Å². The number of hydrogen-bond acceptors (Lipinski definition) is 6. The summed E-state index contributed by atoms with van der Waals surface area (Å²) >= 11 is 0. The number of halogens is 2. The van der Waals surface area contributed by atoms with Gasteiger partial charge in [-0.3, -0.25) is 4.79 Å².